The lowest BCUT2D eigenvalue weighted by atomic mass is 9.11. The molecule has 0 aromatic heterocycles. The van der Waals surface area contributed by atoms with E-state index in [1.807, 2.05) is 0 Å². The van der Waals surface area contributed by atoms with Crippen LogP contribution in [0.1, 0.15) is 0 Å². The molecular weight excluding hydrogens is 145 g/mol. The molecule has 0 aromatic carbocycles. The van der Waals surface area contributed by atoms with Crippen LogP contribution >= 0.6 is 0 Å². The summed E-state index contributed by atoms with van der Waals surface area (Å²) in [5.74, 6) is 0. The van der Waals surface area contributed by atoms with Crippen molar-refractivity contribution >= 4 is 70.6 Å². The van der Waals surface area contributed by atoms with E-state index in [1.54, 1.807) is 0 Å². The fourth-order valence-corrected chi connectivity index (χ4v) is 2.86. The zero-order valence-electron chi connectivity index (χ0n) is 11.1. The molecule has 0 aliphatic rings. The summed E-state index contributed by atoms with van der Waals surface area (Å²) in [4.78, 5) is 0. The van der Waals surface area contributed by atoms with E-state index in [-0.39, 0.29) is 0 Å². The van der Waals surface area contributed by atoms with Crippen LogP contribution in [0.3, 0.4) is 0 Å². The van der Waals surface area contributed by atoms with Crippen LogP contribution in [0.15, 0.2) is 0 Å². The summed E-state index contributed by atoms with van der Waals surface area (Å²) in [5.41, 5.74) is 0.715. The first-order valence-electron chi connectivity index (χ1n) is 5.44. The summed E-state index contributed by atoms with van der Waals surface area (Å²) < 4.78 is 0. The van der Waals surface area contributed by atoms with Gasteiger partial charge in [0.05, 0.1) is 62.8 Å². The van der Waals surface area contributed by atoms with E-state index in [0.717, 1.165) is 0 Å². The highest BCUT2D eigenvalue weighted by molar-refractivity contribution is 6.71. The zero-order valence-corrected chi connectivity index (χ0v) is 11.1. The molecule has 0 N–H and O–H groups in total. The number of rotatable bonds is 3. The predicted octanol–water partition coefficient (Wildman–Crippen LogP) is -7.26. The third-order valence-corrected chi connectivity index (χ3v) is 4.27. The first kappa shape index (κ1) is 13.6. The van der Waals surface area contributed by atoms with Gasteiger partial charge in [0.2, 0.25) is 0 Å². The van der Waals surface area contributed by atoms with E-state index >= 15 is 0 Å². The van der Waals surface area contributed by atoms with Crippen molar-refractivity contribution in [2.75, 3.05) is 0 Å². The molecule has 62 valence electrons. The topological polar surface area (TPSA) is 0 Å². The van der Waals surface area contributed by atoms with Crippen molar-refractivity contribution in [2.24, 2.45) is 0 Å². The molecule has 0 aliphatic carbocycles. The molecule has 0 rings (SSSR count). The van der Waals surface area contributed by atoms with Crippen LogP contribution in [0, 0.1) is 0 Å². The molecule has 0 radical (unpaired) electrons. The molecule has 0 unspecified atom stereocenters. The van der Waals surface area contributed by atoms with Crippen LogP contribution < -0.4 is 0 Å². The quantitative estimate of drug-likeness (QED) is 0.364. The second-order valence-corrected chi connectivity index (χ2v) is 6.86. The normalized spacial score (nSPS) is 14.5. The van der Waals surface area contributed by atoms with Gasteiger partial charge in [-0.25, -0.2) is 0 Å². The van der Waals surface area contributed by atoms with Gasteiger partial charge in [0.1, 0.15) is 7.85 Å². The van der Waals surface area contributed by atoms with Gasteiger partial charge in [-0.1, -0.05) is 5.31 Å². The summed E-state index contributed by atoms with van der Waals surface area (Å²) in [6.45, 7) is 0. The Balaban J connectivity index is 5.22. The van der Waals surface area contributed by atoms with E-state index < -0.39 is 0 Å². The second kappa shape index (κ2) is 3.62. The molecule has 0 amide bonds. The van der Waals surface area contributed by atoms with Crippen molar-refractivity contribution in [1.82, 2.24) is 0 Å². The Labute approximate surface area is 92.2 Å². The highest BCUT2D eigenvalue weighted by Crippen LogP contribution is 2.60. The van der Waals surface area contributed by atoms with E-state index in [1.165, 1.54) is 0 Å². The molecule has 13 heavy (non-hydrogen) atoms. The Morgan fingerprint density at radius 2 is 0.846 bits per heavy atom. The molecule has 0 heterocycles. The van der Waals surface area contributed by atoms with E-state index in [2.05, 4.69) is 70.6 Å². The van der Waals surface area contributed by atoms with E-state index in [0.29, 0.717) is 21.3 Å². The van der Waals surface area contributed by atoms with Crippen LogP contribution in [0.4, 0.5) is 0 Å². The maximum atomic E-state index is 2.43. The Morgan fingerprint density at radius 1 is 0.615 bits per heavy atom. The van der Waals surface area contributed by atoms with Gasteiger partial charge in [-0.2, -0.15) is 0 Å². The summed E-state index contributed by atoms with van der Waals surface area (Å²) in [6.07, 6.45) is 0. The highest BCUT2D eigenvalue weighted by atomic mass is 14.3. The Morgan fingerprint density at radius 3 is 0.846 bits per heavy atom. The minimum Gasteiger partial charge on any atom is -0.115 e. The average molecular weight is 165 g/mol. The molecule has 0 nitrogen and oxygen atoms in total. The Bertz CT molecular complexity index is 159. The zero-order chi connectivity index (χ0) is 11.1. The van der Waals surface area contributed by atoms with E-state index in [4.69, 9.17) is 0 Å². The largest absolute Gasteiger partial charge is 0.115 e. The Hall–Kier alpha value is 0.584. The van der Waals surface area contributed by atoms with Crippen molar-refractivity contribution in [3.8, 4) is 0 Å². The van der Waals surface area contributed by atoms with Crippen molar-refractivity contribution in [1.29, 1.82) is 0 Å². The standard InChI is InChI=1S/C4H19B9/c5-1(6)2(7,3(8,9)10)4(11,12)13/h1H,5-13H2. The summed E-state index contributed by atoms with van der Waals surface area (Å²) >= 11 is 0. The number of hydrogen-bond acceptors (Lipinski definition) is 0. The molecule has 0 bridgehead atoms. The summed E-state index contributed by atoms with van der Waals surface area (Å²) in [5, 5.41) is 1.10. The molecule has 0 fully saturated rings. The molecule has 0 saturated heterocycles. The molecule has 0 aliphatic heterocycles. The predicted molar refractivity (Wildman–Crippen MR) is 88.7 cm³/mol. The van der Waals surface area contributed by atoms with Gasteiger partial charge in [0, 0.05) is 0 Å². The van der Waals surface area contributed by atoms with Gasteiger partial charge in [-0.05, 0) is 0 Å². The van der Waals surface area contributed by atoms with Gasteiger partial charge >= 0.3 is 0 Å². The molecular formula is C4H19B9. The third-order valence-electron chi connectivity index (χ3n) is 4.27. The monoisotopic (exact) mass is 166 g/mol. The lowest BCUT2D eigenvalue weighted by Crippen LogP contribution is -2.46. The lowest BCUT2D eigenvalue weighted by molar-refractivity contribution is 0.597. The first-order chi connectivity index (χ1) is 5.44. The maximum absolute atomic E-state index is 2.43. The van der Waals surface area contributed by atoms with Crippen LogP contribution in [-0.4, -0.2) is 70.6 Å². The van der Waals surface area contributed by atoms with Crippen LogP contribution in [0.2, 0.25) is 21.3 Å². The van der Waals surface area contributed by atoms with Gasteiger partial charge < -0.3 is 0 Å². The fraction of sp³-hybridized carbons (Fsp3) is 1.00. The minimum atomic E-state index is 0.361. The Kier molecular flexibility index (Phi) is 3.79. The highest BCUT2D eigenvalue weighted by Gasteiger charge is 2.46. The molecule has 0 spiro atoms. The molecule has 0 atom stereocenters. The van der Waals surface area contributed by atoms with Gasteiger partial charge in [0.25, 0.3) is 0 Å². The SMILES string of the molecule is BC(B)C(B)(C(B)(B)B)C(B)(B)B. The average Bonchev–Trinajstić information content (AvgIpc) is 1.80. The molecule has 9 heteroatoms. The van der Waals surface area contributed by atoms with Crippen molar-refractivity contribution in [3.05, 3.63) is 0 Å². The molecule has 0 aromatic rings. The van der Waals surface area contributed by atoms with E-state index in [9.17, 15) is 0 Å². The lowest BCUT2D eigenvalue weighted by Gasteiger charge is -2.57. The summed E-state index contributed by atoms with van der Waals surface area (Å²) in [7, 11) is 21.3. The third kappa shape index (κ3) is 2.33. The van der Waals surface area contributed by atoms with Crippen molar-refractivity contribution < 1.29 is 0 Å². The smallest absolute Gasteiger partial charge is 0.104 e. The minimum absolute atomic E-state index is 0.361. The van der Waals surface area contributed by atoms with Crippen LogP contribution in [0.25, 0.3) is 0 Å². The van der Waals surface area contributed by atoms with Crippen molar-refractivity contribution in [2.45, 2.75) is 21.3 Å². The van der Waals surface area contributed by atoms with Gasteiger partial charge in [-0.3, -0.25) is 0 Å². The first-order valence-corrected chi connectivity index (χ1v) is 5.44. The van der Waals surface area contributed by atoms with Gasteiger partial charge in [0.15, 0.2) is 0 Å². The van der Waals surface area contributed by atoms with Crippen LogP contribution in [0.5, 0.6) is 0 Å². The fourth-order valence-electron chi connectivity index (χ4n) is 2.86. The van der Waals surface area contributed by atoms with Crippen LogP contribution in [-0.2, 0) is 0 Å². The molecule has 0 saturated carbocycles. The second-order valence-electron chi connectivity index (χ2n) is 6.86. The summed E-state index contributed by atoms with van der Waals surface area (Å²) in [6, 6.07) is 0. The van der Waals surface area contributed by atoms with Crippen molar-refractivity contribution in [3.63, 3.8) is 0 Å². The maximum Gasteiger partial charge on any atom is 0.104 e. The van der Waals surface area contributed by atoms with Gasteiger partial charge in [-0.15, -0.1) is 15.9 Å². The number of hydrogen-bond donors (Lipinski definition) is 0.